The summed E-state index contributed by atoms with van der Waals surface area (Å²) in [5.74, 6) is 1.81. The number of amides is 1. The van der Waals surface area contributed by atoms with E-state index in [2.05, 4.69) is 43.5 Å². The van der Waals surface area contributed by atoms with Crippen LogP contribution >= 0.6 is 23.1 Å². The van der Waals surface area contributed by atoms with Gasteiger partial charge in [-0.1, -0.05) is 0 Å². The number of fused-ring (bicyclic) bond motifs is 1. The highest BCUT2D eigenvalue weighted by molar-refractivity contribution is 7.99. The number of halogens is 3. The summed E-state index contributed by atoms with van der Waals surface area (Å²) >= 11 is 2.53. The molecule has 2 N–H and O–H groups in total. The summed E-state index contributed by atoms with van der Waals surface area (Å²) in [5, 5.41) is 6.60. The lowest BCUT2D eigenvalue weighted by molar-refractivity contribution is -0.137. The van der Waals surface area contributed by atoms with Gasteiger partial charge in [0.15, 0.2) is 0 Å². The van der Waals surface area contributed by atoms with Crippen molar-refractivity contribution < 1.29 is 22.7 Å². The number of thioether (sulfide) groups is 1. The van der Waals surface area contributed by atoms with Gasteiger partial charge in [-0.2, -0.15) is 13.2 Å². The molecule has 3 aromatic heterocycles. The molecule has 3 aliphatic heterocycles. The van der Waals surface area contributed by atoms with Gasteiger partial charge in [-0.25, -0.2) is 15.0 Å². The largest absolute Gasteiger partial charge is 0.420 e. The molecule has 0 aromatic carbocycles. The van der Waals surface area contributed by atoms with Gasteiger partial charge in [0.2, 0.25) is 5.95 Å². The Balaban J connectivity index is 1.21. The van der Waals surface area contributed by atoms with Crippen molar-refractivity contribution in [2.24, 2.45) is 0 Å². The van der Waals surface area contributed by atoms with E-state index >= 15 is 0 Å². The van der Waals surface area contributed by atoms with Crippen LogP contribution in [0.15, 0.2) is 29.4 Å². The van der Waals surface area contributed by atoms with Gasteiger partial charge in [0.1, 0.15) is 16.3 Å². The fourth-order valence-corrected chi connectivity index (χ4v) is 7.87. The maximum absolute atomic E-state index is 14.2. The summed E-state index contributed by atoms with van der Waals surface area (Å²) in [4.78, 5) is 31.9. The fourth-order valence-electron chi connectivity index (χ4n) is 5.55. The highest BCUT2D eigenvalue weighted by Crippen LogP contribution is 2.46. The molecular formula is C28H30F3N7O2S2. The molecule has 1 aliphatic carbocycles. The number of pyridine rings is 1. The first-order valence-corrected chi connectivity index (χ1v) is 15.9. The Kier molecular flexibility index (Phi) is 7.27. The molecule has 0 spiro atoms. The zero-order valence-corrected chi connectivity index (χ0v) is 24.5. The molecule has 2 saturated heterocycles. The Morgan fingerprint density at radius 2 is 1.98 bits per heavy atom. The second-order valence-corrected chi connectivity index (χ2v) is 13.3. The quantitative estimate of drug-likeness (QED) is 0.397. The van der Waals surface area contributed by atoms with Gasteiger partial charge in [0, 0.05) is 49.1 Å². The van der Waals surface area contributed by atoms with Gasteiger partial charge < -0.3 is 25.2 Å². The number of carbonyl (C=O) groups excluding carboxylic acids is 1. The Morgan fingerprint density at radius 3 is 2.69 bits per heavy atom. The molecule has 222 valence electrons. The van der Waals surface area contributed by atoms with Crippen molar-refractivity contribution in [2.45, 2.75) is 48.8 Å². The number of hydrogen-bond acceptors (Lipinski definition) is 10. The van der Waals surface area contributed by atoms with E-state index in [9.17, 15) is 18.0 Å². The lowest BCUT2D eigenvalue weighted by Gasteiger charge is -2.36. The minimum atomic E-state index is -4.66. The molecule has 1 amide bonds. The molecule has 7 rings (SSSR count). The van der Waals surface area contributed by atoms with Crippen LogP contribution in [-0.4, -0.2) is 83.0 Å². The third kappa shape index (κ3) is 5.45. The summed E-state index contributed by atoms with van der Waals surface area (Å²) in [7, 11) is 0. The smallest absolute Gasteiger partial charge is 0.377 e. The number of thiophene rings is 1. The molecule has 0 bridgehead atoms. The minimum Gasteiger partial charge on any atom is -0.377 e. The van der Waals surface area contributed by atoms with Crippen LogP contribution in [0.2, 0.25) is 0 Å². The average Bonchev–Trinajstić information content (AvgIpc) is 3.71. The predicted octanol–water partition coefficient (Wildman–Crippen LogP) is 4.98. The van der Waals surface area contributed by atoms with Crippen LogP contribution in [0.25, 0.3) is 10.6 Å². The topological polar surface area (TPSA) is 95.5 Å². The lowest BCUT2D eigenvalue weighted by Crippen LogP contribution is -2.52. The molecule has 0 radical (unpaired) electrons. The molecule has 14 heteroatoms. The number of nitrogens with one attached hydrogen (secondary N) is 2. The molecule has 6 heterocycles. The number of aromatic nitrogens is 3. The molecule has 42 heavy (non-hydrogen) atoms. The van der Waals surface area contributed by atoms with Crippen molar-refractivity contribution in [2.75, 3.05) is 55.4 Å². The number of anilines is 3. The second kappa shape index (κ2) is 11.0. The van der Waals surface area contributed by atoms with E-state index < -0.39 is 11.7 Å². The maximum atomic E-state index is 14.2. The summed E-state index contributed by atoms with van der Waals surface area (Å²) in [5.41, 5.74) is 0.592. The van der Waals surface area contributed by atoms with Gasteiger partial charge in [0.05, 0.1) is 41.7 Å². The third-order valence-corrected chi connectivity index (χ3v) is 10.3. The molecular weight excluding hydrogens is 587 g/mol. The van der Waals surface area contributed by atoms with Gasteiger partial charge >= 0.3 is 6.18 Å². The van der Waals surface area contributed by atoms with Crippen LogP contribution in [0, 0.1) is 0 Å². The first kappa shape index (κ1) is 27.9. The first-order chi connectivity index (χ1) is 20.2. The summed E-state index contributed by atoms with van der Waals surface area (Å²) < 4.78 is 47.7. The van der Waals surface area contributed by atoms with Crippen LogP contribution in [0.3, 0.4) is 0 Å². The van der Waals surface area contributed by atoms with Crippen molar-refractivity contribution in [3.05, 3.63) is 40.5 Å². The standard InChI is InChI=1S/C28H30F3N7O2S2/c1-15-12-37(5-4-32-15)23-8-18(16-2-3-16)20(11-33-23)35-27-34-10-19(28(29,30)31)24(36-27)21-9-22-25(42-21)26(39)38(6-7-41-22)17-13-40-14-17/h8-11,15-17,32H,2-7,12-14H2,1H3,(H,34,35,36). The summed E-state index contributed by atoms with van der Waals surface area (Å²) in [6.45, 7) is 6.28. The van der Waals surface area contributed by atoms with E-state index in [1.807, 2.05) is 0 Å². The summed E-state index contributed by atoms with van der Waals surface area (Å²) in [6, 6.07) is 4.11. The lowest BCUT2D eigenvalue weighted by atomic mass is 10.1. The number of alkyl halides is 3. The number of hydrogen-bond donors (Lipinski definition) is 2. The Hall–Kier alpha value is -2.94. The third-order valence-electron chi connectivity index (χ3n) is 8.01. The van der Waals surface area contributed by atoms with Crippen molar-refractivity contribution in [1.82, 2.24) is 25.2 Å². The monoisotopic (exact) mass is 617 g/mol. The van der Waals surface area contributed by atoms with Gasteiger partial charge in [-0.3, -0.25) is 4.79 Å². The minimum absolute atomic E-state index is 0.00540. The normalized spacial score (nSPS) is 21.6. The zero-order chi connectivity index (χ0) is 29.0. The van der Waals surface area contributed by atoms with Crippen molar-refractivity contribution in [1.29, 1.82) is 0 Å². The predicted molar refractivity (Wildman–Crippen MR) is 156 cm³/mol. The van der Waals surface area contributed by atoms with E-state index in [1.54, 1.807) is 17.2 Å². The van der Waals surface area contributed by atoms with Gasteiger partial charge in [-0.15, -0.1) is 23.1 Å². The van der Waals surface area contributed by atoms with Crippen LogP contribution in [0.4, 0.5) is 30.6 Å². The van der Waals surface area contributed by atoms with E-state index in [0.29, 0.717) is 52.9 Å². The van der Waals surface area contributed by atoms with Crippen LogP contribution in [-0.2, 0) is 10.9 Å². The molecule has 1 atom stereocenters. The molecule has 9 nitrogen and oxygen atoms in total. The first-order valence-electron chi connectivity index (χ1n) is 14.1. The van der Waals surface area contributed by atoms with Gasteiger partial charge in [0.25, 0.3) is 5.91 Å². The molecule has 1 saturated carbocycles. The van der Waals surface area contributed by atoms with Gasteiger partial charge in [-0.05, 0) is 43.4 Å². The fraction of sp³-hybridized carbons (Fsp3) is 0.500. The Morgan fingerprint density at radius 1 is 1.14 bits per heavy atom. The number of rotatable bonds is 6. The molecule has 3 fully saturated rings. The Labute approximate surface area is 249 Å². The molecule has 4 aliphatic rings. The number of ether oxygens (including phenoxy) is 1. The SMILES string of the molecule is CC1CN(c2cc(C3CC3)c(Nc3ncc(C(F)(F)F)c(-c4cc5c(s4)C(=O)N(C4COC4)CCS5)n3)cn2)CCN1. The van der Waals surface area contributed by atoms with Crippen molar-refractivity contribution in [3.8, 4) is 10.6 Å². The van der Waals surface area contributed by atoms with E-state index in [-0.39, 0.29) is 28.5 Å². The number of nitrogens with zero attached hydrogens (tertiary/aromatic N) is 5. The molecule has 3 aromatic rings. The maximum Gasteiger partial charge on any atom is 0.420 e. The second-order valence-electron chi connectivity index (χ2n) is 11.1. The Bertz CT molecular complexity index is 1510. The van der Waals surface area contributed by atoms with Crippen LogP contribution in [0.5, 0.6) is 0 Å². The number of piperazine rings is 1. The highest BCUT2D eigenvalue weighted by atomic mass is 32.2. The van der Waals surface area contributed by atoms with Crippen molar-refractivity contribution >= 4 is 46.5 Å². The average molecular weight is 618 g/mol. The van der Waals surface area contributed by atoms with E-state index in [4.69, 9.17) is 4.74 Å². The number of carbonyl (C=O) groups is 1. The molecule has 1 unspecified atom stereocenters. The summed E-state index contributed by atoms with van der Waals surface area (Å²) in [6.07, 6.45) is -0.0110. The zero-order valence-electron chi connectivity index (χ0n) is 22.9. The van der Waals surface area contributed by atoms with E-state index in [0.717, 1.165) is 61.4 Å². The van der Waals surface area contributed by atoms with Crippen LogP contribution in [0.1, 0.15) is 46.5 Å². The highest BCUT2D eigenvalue weighted by Gasteiger charge is 2.38. The van der Waals surface area contributed by atoms with E-state index in [1.165, 1.54) is 11.8 Å². The van der Waals surface area contributed by atoms with Crippen LogP contribution < -0.4 is 15.5 Å². The van der Waals surface area contributed by atoms with Crippen molar-refractivity contribution in [3.63, 3.8) is 0 Å².